The number of carbonyl (C=O) groups excluding carboxylic acids is 1. The molecule has 2 N–H and O–H groups in total. The van der Waals surface area contributed by atoms with Gasteiger partial charge in [-0.25, -0.2) is 8.42 Å². The van der Waals surface area contributed by atoms with Gasteiger partial charge in [-0.05, 0) is 30.5 Å². The molecule has 0 bridgehead atoms. The first-order chi connectivity index (χ1) is 11.0. The highest BCUT2D eigenvalue weighted by Gasteiger charge is 2.30. The number of aliphatic imine (C=N–C) groups is 1. The van der Waals surface area contributed by atoms with Gasteiger partial charge in [-0.2, -0.15) is 0 Å². The summed E-state index contributed by atoms with van der Waals surface area (Å²) in [4.78, 5) is 17.3. The SMILES string of the molecule is CC(NC(=O)CN=C1NS(=O)(=O)c2ccccc21)c1cccs1. The number of benzene rings is 1. The molecule has 0 radical (unpaired) electrons. The number of sulfonamides is 1. The Labute approximate surface area is 138 Å². The van der Waals surface area contributed by atoms with E-state index < -0.39 is 10.0 Å². The molecule has 3 rings (SSSR count). The van der Waals surface area contributed by atoms with E-state index in [-0.39, 0.29) is 29.2 Å². The number of rotatable bonds is 4. The first kappa shape index (κ1) is 15.7. The number of thiophene rings is 1. The van der Waals surface area contributed by atoms with Crippen LogP contribution >= 0.6 is 11.3 Å². The van der Waals surface area contributed by atoms with Gasteiger partial charge in [0.25, 0.3) is 10.0 Å². The second kappa shape index (κ2) is 6.13. The summed E-state index contributed by atoms with van der Waals surface area (Å²) in [5.74, 6) is -0.0542. The summed E-state index contributed by atoms with van der Waals surface area (Å²) in [7, 11) is -3.57. The smallest absolute Gasteiger partial charge is 0.263 e. The van der Waals surface area contributed by atoms with E-state index >= 15 is 0 Å². The number of amidine groups is 1. The fourth-order valence-corrected chi connectivity index (χ4v) is 4.28. The topological polar surface area (TPSA) is 87.6 Å². The van der Waals surface area contributed by atoms with E-state index in [1.54, 1.807) is 29.5 Å². The highest BCUT2D eigenvalue weighted by Crippen LogP contribution is 2.22. The van der Waals surface area contributed by atoms with Crippen LogP contribution < -0.4 is 10.0 Å². The van der Waals surface area contributed by atoms with E-state index in [4.69, 9.17) is 0 Å². The van der Waals surface area contributed by atoms with Crippen LogP contribution in [-0.2, 0) is 14.8 Å². The van der Waals surface area contributed by atoms with Crippen molar-refractivity contribution in [2.75, 3.05) is 6.54 Å². The van der Waals surface area contributed by atoms with Crippen LogP contribution in [0.3, 0.4) is 0 Å². The minimum absolute atomic E-state index is 0.102. The van der Waals surface area contributed by atoms with Crippen LogP contribution in [0.2, 0.25) is 0 Å². The molecule has 1 unspecified atom stereocenters. The maximum atomic E-state index is 12.0. The predicted octanol–water partition coefficient (Wildman–Crippen LogP) is 1.66. The molecule has 0 saturated heterocycles. The standard InChI is InChI=1S/C15H15N3O3S2/c1-10(12-6-4-8-22-12)17-14(19)9-16-15-11-5-2-3-7-13(11)23(20,21)18-15/h2-8,10H,9H2,1H3,(H,16,18)(H,17,19). The second-order valence-electron chi connectivity index (χ2n) is 5.07. The number of amides is 1. The Morgan fingerprint density at radius 2 is 2.09 bits per heavy atom. The van der Waals surface area contributed by atoms with Gasteiger partial charge < -0.3 is 5.32 Å². The Hall–Kier alpha value is -2.19. The zero-order valence-electron chi connectivity index (χ0n) is 12.3. The van der Waals surface area contributed by atoms with Crippen molar-refractivity contribution >= 4 is 33.1 Å². The predicted molar refractivity (Wildman–Crippen MR) is 89.0 cm³/mol. The third-order valence-electron chi connectivity index (χ3n) is 3.39. The van der Waals surface area contributed by atoms with E-state index in [1.165, 1.54) is 6.07 Å². The van der Waals surface area contributed by atoms with E-state index in [1.807, 2.05) is 24.4 Å². The summed E-state index contributed by atoms with van der Waals surface area (Å²) in [6.07, 6.45) is 0. The van der Waals surface area contributed by atoms with Crippen molar-refractivity contribution < 1.29 is 13.2 Å². The number of hydrogen-bond donors (Lipinski definition) is 2. The molecule has 2 heterocycles. The van der Waals surface area contributed by atoms with Crippen molar-refractivity contribution in [3.8, 4) is 0 Å². The van der Waals surface area contributed by atoms with Crippen LogP contribution in [-0.4, -0.2) is 26.7 Å². The summed E-state index contributed by atoms with van der Waals surface area (Å²) < 4.78 is 26.3. The largest absolute Gasteiger partial charge is 0.347 e. The Kier molecular flexibility index (Phi) is 4.18. The summed E-state index contributed by atoms with van der Waals surface area (Å²) in [6.45, 7) is 1.76. The van der Waals surface area contributed by atoms with Crippen LogP contribution in [0.25, 0.3) is 0 Å². The monoisotopic (exact) mass is 349 g/mol. The summed E-state index contributed by atoms with van der Waals surface area (Å²) in [5, 5.41) is 4.78. The average molecular weight is 349 g/mol. The molecule has 23 heavy (non-hydrogen) atoms. The first-order valence-electron chi connectivity index (χ1n) is 6.97. The fraction of sp³-hybridized carbons (Fsp3) is 0.200. The maximum Gasteiger partial charge on any atom is 0.263 e. The Morgan fingerprint density at radius 3 is 2.83 bits per heavy atom. The molecule has 0 spiro atoms. The van der Waals surface area contributed by atoms with Crippen molar-refractivity contribution in [1.29, 1.82) is 0 Å². The zero-order chi connectivity index (χ0) is 16.4. The van der Waals surface area contributed by atoms with Crippen molar-refractivity contribution in [2.45, 2.75) is 17.9 Å². The van der Waals surface area contributed by atoms with E-state index in [0.29, 0.717) is 5.56 Å². The molecule has 2 aromatic rings. The molecule has 0 aliphatic carbocycles. The Balaban J connectivity index is 1.70. The normalized spacial score (nSPS) is 18.2. The van der Waals surface area contributed by atoms with Gasteiger partial charge in [0.15, 0.2) is 0 Å². The maximum absolute atomic E-state index is 12.0. The van der Waals surface area contributed by atoms with Crippen LogP contribution in [0.15, 0.2) is 51.7 Å². The van der Waals surface area contributed by atoms with Crippen LogP contribution in [0.1, 0.15) is 23.4 Å². The molecule has 1 aromatic heterocycles. The number of nitrogens with zero attached hydrogens (tertiary/aromatic N) is 1. The zero-order valence-corrected chi connectivity index (χ0v) is 13.9. The average Bonchev–Trinajstić information content (AvgIpc) is 3.13. The minimum Gasteiger partial charge on any atom is -0.347 e. The van der Waals surface area contributed by atoms with Crippen molar-refractivity contribution in [3.05, 3.63) is 52.2 Å². The molecular weight excluding hydrogens is 334 g/mol. The molecule has 0 fully saturated rings. The van der Waals surface area contributed by atoms with Gasteiger partial charge in [0.1, 0.15) is 12.4 Å². The lowest BCUT2D eigenvalue weighted by Gasteiger charge is -2.11. The third-order valence-corrected chi connectivity index (χ3v) is 5.84. The van der Waals surface area contributed by atoms with Gasteiger partial charge in [0.2, 0.25) is 5.91 Å². The first-order valence-corrected chi connectivity index (χ1v) is 9.33. The number of carbonyl (C=O) groups is 1. The quantitative estimate of drug-likeness (QED) is 0.880. The minimum atomic E-state index is -3.57. The van der Waals surface area contributed by atoms with Gasteiger partial charge in [-0.15, -0.1) is 11.3 Å². The van der Waals surface area contributed by atoms with Gasteiger partial charge >= 0.3 is 0 Å². The molecule has 1 atom stereocenters. The van der Waals surface area contributed by atoms with Gasteiger partial charge in [0.05, 0.1) is 10.9 Å². The van der Waals surface area contributed by atoms with Gasteiger partial charge in [-0.3, -0.25) is 14.5 Å². The lowest BCUT2D eigenvalue weighted by molar-refractivity contribution is -0.120. The summed E-state index contributed by atoms with van der Waals surface area (Å²) in [5.41, 5.74) is 0.492. The molecule has 1 aliphatic heterocycles. The molecular formula is C15H15N3O3S2. The number of hydrogen-bond acceptors (Lipinski definition) is 5. The second-order valence-corrected chi connectivity index (χ2v) is 7.70. The molecule has 1 amide bonds. The molecule has 1 aromatic carbocycles. The molecule has 120 valence electrons. The third kappa shape index (κ3) is 3.27. The van der Waals surface area contributed by atoms with Crippen LogP contribution in [0.4, 0.5) is 0 Å². The fourth-order valence-electron chi connectivity index (χ4n) is 2.30. The number of fused-ring (bicyclic) bond motifs is 1. The highest BCUT2D eigenvalue weighted by molar-refractivity contribution is 7.90. The van der Waals surface area contributed by atoms with E-state index in [2.05, 4.69) is 15.0 Å². The van der Waals surface area contributed by atoms with Crippen molar-refractivity contribution in [2.24, 2.45) is 4.99 Å². The molecule has 1 aliphatic rings. The lowest BCUT2D eigenvalue weighted by Crippen LogP contribution is -2.30. The molecule has 8 heteroatoms. The number of nitrogens with one attached hydrogen (secondary N) is 2. The van der Waals surface area contributed by atoms with Crippen LogP contribution in [0.5, 0.6) is 0 Å². The highest BCUT2D eigenvalue weighted by atomic mass is 32.2. The summed E-state index contributed by atoms with van der Waals surface area (Å²) in [6, 6.07) is 10.3. The van der Waals surface area contributed by atoms with Crippen molar-refractivity contribution in [1.82, 2.24) is 10.0 Å². The summed E-state index contributed by atoms with van der Waals surface area (Å²) >= 11 is 1.56. The van der Waals surface area contributed by atoms with Crippen LogP contribution in [0, 0.1) is 0 Å². The Morgan fingerprint density at radius 1 is 1.30 bits per heavy atom. The Bertz CT molecular complexity index is 858. The van der Waals surface area contributed by atoms with E-state index in [9.17, 15) is 13.2 Å². The van der Waals surface area contributed by atoms with Gasteiger partial charge in [0, 0.05) is 10.4 Å². The lowest BCUT2D eigenvalue weighted by atomic mass is 10.2. The van der Waals surface area contributed by atoms with Crippen molar-refractivity contribution in [3.63, 3.8) is 0 Å². The van der Waals surface area contributed by atoms with Gasteiger partial charge in [-0.1, -0.05) is 18.2 Å². The molecule has 0 saturated carbocycles. The van der Waals surface area contributed by atoms with E-state index in [0.717, 1.165) is 4.88 Å². The molecule has 6 nitrogen and oxygen atoms in total.